The third kappa shape index (κ3) is 13.1. The van der Waals surface area contributed by atoms with Crippen LogP contribution in [0.1, 0.15) is 46.5 Å². The number of nitrogens with two attached hydrogens (primary N) is 3. The second-order valence-electron chi connectivity index (χ2n) is 8.47. The number of carboxylic acid groups (broad SMARTS) is 2. The lowest BCUT2D eigenvalue weighted by atomic mass is 10.0. The summed E-state index contributed by atoms with van der Waals surface area (Å²) >= 11 is 0. The Labute approximate surface area is 202 Å². The number of aliphatic hydroxyl groups excluding tert-OH is 1. The van der Waals surface area contributed by atoms with E-state index in [0.717, 1.165) is 0 Å². The fourth-order valence-electron chi connectivity index (χ4n) is 2.95. The third-order valence-electron chi connectivity index (χ3n) is 4.69. The van der Waals surface area contributed by atoms with E-state index < -0.39 is 66.4 Å². The largest absolute Gasteiger partial charge is 0.481 e. The lowest BCUT2D eigenvalue weighted by molar-refractivity contribution is -0.143. The fourth-order valence-corrected chi connectivity index (χ4v) is 2.95. The second kappa shape index (κ2) is 15.4. The summed E-state index contributed by atoms with van der Waals surface area (Å²) in [6.45, 7) is 4.88. The molecule has 15 nitrogen and oxygen atoms in total. The highest BCUT2D eigenvalue weighted by molar-refractivity contribution is 5.95. The van der Waals surface area contributed by atoms with E-state index in [1.165, 1.54) is 6.92 Å². The van der Waals surface area contributed by atoms with Gasteiger partial charge in [0.1, 0.15) is 18.1 Å². The number of hydrogen-bond acceptors (Lipinski definition) is 8. The normalized spacial score (nSPS) is 15.1. The lowest BCUT2D eigenvalue weighted by Gasteiger charge is -2.26. The number of carbonyl (C=O) groups is 5. The zero-order valence-electron chi connectivity index (χ0n) is 20.1. The first-order valence-electron chi connectivity index (χ1n) is 11.0. The minimum Gasteiger partial charge on any atom is -0.481 e. The van der Waals surface area contributed by atoms with Crippen molar-refractivity contribution in [3.05, 3.63) is 0 Å². The molecule has 15 heteroatoms. The summed E-state index contributed by atoms with van der Waals surface area (Å²) in [5, 5.41) is 35.1. The monoisotopic (exact) mass is 503 g/mol. The third-order valence-corrected chi connectivity index (χ3v) is 4.69. The zero-order chi connectivity index (χ0) is 27.3. The van der Waals surface area contributed by atoms with Gasteiger partial charge < -0.3 is 48.5 Å². The van der Waals surface area contributed by atoms with E-state index in [9.17, 15) is 34.2 Å². The first-order valence-corrected chi connectivity index (χ1v) is 11.0. The Morgan fingerprint density at radius 1 is 0.886 bits per heavy atom. The molecule has 0 aliphatic rings. The number of rotatable bonds is 16. The Balaban J connectivity index is 5.58. The van der Waals surface area contributed by atoms with Crippen molar-refractivity contribution in [3.8, 4) is 0 Å². The number of aliphatic imine (C=N–C) groups is 1. The summed E-state index contributed by atoms with van der Waals surface area (Å²) in [6, 6.07) is -5.51. The van der Waals surface area contributed by atoms with Crippen molar-refractivity contribution in [2.24, 2.45) is 28.1 Å². The molecule has 5 unspecified atom stereocenters. The number of guanidine groups is 1. The van der Waals surface area contributed by atoms with Crippen LogP contribution in [-0.4, -0.2) is 87.8 Å². The molecule has 0 radical (unpaired) electrons. The molecule has 0 rings (SSSR count). The van der Waals surface area contributed by atoms with Crippen LogP contribution in [0.4, 0.5) is 0 Å². The molecule has 0 aliphatic carbocycles. The summed E-state index contributed by atoms with van der Waals surface area (Å²) < 4.78 is 0. The number of carbonyl (C=O) groups excluding carboxylic acids is 3. The van der Waals surface area contributed by atoms with Crippen LogP contribution in [0, 0.1) is 5.92 Å². The number of hydrogen-bond donors (Lipinski definition) is 9. The van der Waals surface area contributed by atoms with E-state index in [-0.39, 0.29) is 37.7 Å². The molecule has 0 aromatic carbocycles. The van der Waals surface area contributed by atoms with Crippen molar-refractivity contribution in [2.75, 3.05) is 6.54 Å². The molecule has 5 atom stereocenters. The van der Waals surface area contributed by atoms with E-state index in [1.807, 2.05) is 0 Å². The number of nitrogens with zero attached hydrogens (tertiary/aromatic N) is 1. The average Bonchev–Trinajstić information content (AvgIpc) is 2.71. The number of aliphatic hydroxyl groups is 1. The molecule has 0 fully saturated rings. The summed E-state index contributed by atoms with van der Waals surface area (Å²) in [4.78, 5) is 63.9. The van der Waals surface area contributed by atoms with E-state index in [0.29, 0.717) is 0 Å². The highest BCUT2D eigenvalue weighted by Gasteiger charge is 2.32. The Hall–Kier alpha value is -3.46. The maximum Gasteiger partial charge on any atom is 0.326 e. The van der Waals surface area contributed by atoms with Gasteiger partial charge in [0.15, 0.2) is 5.96 Å². The average molecular weight is 504 g/mol. The van der Waals surface area contributed by atoms with Crippen LogP contribution < -0.4 is 33.2 Å². The first kappa shape index (κ1) is 31.5. The minimum absolute atomic E-state index is 0.00136. The van der Waals surface area contributed by atoms with E-state index >= 15 is 0 Å². The zero-order valence-corrected chi connectivity index (χ0v) is 20.1. The summed E-state index contributed by atoms with van der Waals surface area (Å²) in [5.41, 5.74) is 16.0. The van der Waals surface area contributed by atoms with E-state index in [1.54, 1.807) is 13.8 Å². The van der Waals surface area contributed by atoms with Gasteiger partial charge in [0.2, 0.25) is 17.7 Å². The predicted octanol–water partition coefficient (Wildman–Crippen LogP) is -3.19. The second-order valence-corrected chi connectivity index (χ2v) is 8.47. The molecular formula is C20H37N7O8. The van der Waals surface area contributed by atoms with Gasteiger partial charge in [-0.1, -0.05) is 13.8 Å². The number of nitrogens with one attached hydrogen (secondary N) is 3. The van der Waals surface area contributed by atoms with Crippen LogP contribution in [0.15, 0.2) is 4.99 Å². The maximum atomic E-state index is 12.8. The van der Waals surface area contributed by atoms with Crippen LogP contribution in [0.5, 0.6) is 0 Å². The van der Waals surface area contributed by atoms with Gasteiger partial charge >= 0.3 is 11.9 Å². The van der Waals surface area contributed by atoms with E-state index in [4.69, 9.17) is 22.3 Å². The highest BCUT2D eigenvalue weighted by Crippen LogP contribution is 2.08. The summed E-state index contributed by atoms with van der Waals surface area (Å²) in [5.74, 6) is -5.56. The molecule has 0 saturated heterocycles. The van der Waals surface area contributed by atoms with Gasteiger partial charge in [-0.15, -0.1) is 0 Å². The molecule has 35 heavy (non-hydrogen) atoms. The SMILES string of the molecule is CC(C)CC(NC(=O)C(CCCN=C(N)N)NC(=O)C(NC(=O)C(N)CC(=O)O)C(C)O)C(=O)O. The van der Waals surface area contributed by atoms with Crippen molar-refractivity contribution >= 4 is 35.6 Å². The maximum absolute atomic E-state index is 12.8. The van der Waals surface area contributed by atoms with Gasteiger partial charge in [-0.05, 0) is 32.1 Å². The molecule has 0 aromatic heterocycles. The smallest absolute Gasteiger partial charge is 0.326 e. The van der Waals surface area contributed by atoms with Gasteiger partial charge in [-0.25, -0.2) is 4.79 Å². The Kier molecular flexibility index (Phi) is 13.9. The fraction of sp³-hybridized carbons (Fsp3) is 0.700. The van der Waals surface area contributed by atoms with Crippen molar-refractivity contribution < 1.29 is 39.3 Å². The van der Waals surface area contributed by atoms with Crippen molar-refractivity contribution in [2.45, 2.75) is 76.7 Å². The van der Waals surface area contributed by atoms with Crippen LogP contribution >= 0.6 is 0 Å². The molecule has 0 aromatic rings. The summed E-state index contributed by atoms with van der Waals surface area (Å²) in [7, 11) is 0. The van der Waals surface area contributed by atoms with Crippen molar-refractivity contribution in [1.29, 1.82) is 0 Å². The van der Waals surface area contributed by atoms with Gasteiger partial charge in [-0.3, -0.25) is 24.2 Å². The van der Waals surface area contributed by atoms with Crippen molar-refractivity contribution in [1.82, 2.24) is 16.0 Å². The predicted molar refractivity (Wildman–Crippen MR) is 125 cm³/mol. The standard InChI is InChI=1S/C20H37N7O8/c1-9(2)7-13(19(34)35)26-17(32)12(5-4-6-24-20(22)23)25-18(33)15(10(3)28)27-16(31)11(21)8-14(29)30/h9-13,15,28H,4-8,21H2,1-3H3,(H,25,33)(H,26,32)(H,27,31)(H,29,30)(H,34,35)(H4,22,23,24). The van der Waals surface area contributed by atoms with Crippen LogP contribution in [0.25, 0.3) is 0 Å². The topological polar surface area (TPSA) is 273 Å². The van der Waals surface area contributed by atoms with Crippen LogP contribution in [0.3, 0.4) is 0 Å². The first-order chi connectivity index (χ1) is 16.1. The quantitative estimate of drug-likeness (QED) is 0.0574. The minimum atomic E-state index is -1.57. The molecule has 0 bridgehead atoms. The lowest BCUT2D eigenvalue weighted by Crippen LogP contribution is -2.60. The Bertz CT molecular complexity index is 783. The summed E-state index contributed by atoms with van der Waals surface area (Å²) in [6.07, 6.45) is -1.77. The van der Waals surface area contributed by atoms with Crippen LogP contribution in [0.2, 0.25) is 0 Å². The van der Waals surface area contributed by atoms with Gasteiger partial charge in [0.25, 0.3) is 0 Å². The highest BCUT2D eigenvalue weighted by atomic mass is 16.4. The molecule has 12 N–H and O–H groups in total. The van der Waals surface area contributed by atoms with Gasteiger partial charge in [0, 0.05) is 6.54 Å². The van der Waals surface area contributed by atoms with Gasteiger partial charge in [0.05, 0.1) is 18.6 Å². The van der Waals surface area contributed by atoms with Crippen LogP contribution in [-0.2, 0) is 24.0 Å². The molecule has 200 valence electrons. The molecule has 3 amide bonds. The molecular weight excluding hydrogens is 466 g/mol. The molecule has 0 aliphatic heterocycles. The number of carboxylic acids is 2. The number of amides is 3. The van der Waals surface area contributed by atoms with Gasteiger partial charge in [-0.2, -0.15) is 0 Å². The Morgan fingerprint density at radius 3 is 1.91 bits per heavy atom. The Morgan fingerprint density at radius 2 is 1.46 bits per heavy atom. The number of aliphatic carboxylic acids is 2. The molecule has 0 heterocycles. The molecule has 0 saturated carbocycles. The van der Waals surface area contributed by atoms with Crippen molar-refractivity contribution in [3.63, 3.8) is 0 Å². The molecule has 0 spiro atoms. The van der Waals surface area contributed by atoms with E-state index in [2.05, 4.69) is 20.9 Å².